The van der Waals surface area contributed by atoms with Crippen LogP contribution in [-0.2, 0) is 4.74 Å². The Balaban J connectivity index is 1.25. The number of anilines is 1. The molecule has 1 saturated heterocycles. The summed E-state index contributed by atoms with van der Waals surface area (Å²) in [5, 5.41) is 10.7. The molecule has 1 N–H and O–H groups in total. The van der Waals surface area contributed by atoms with Crippen LogP contribution in [0.1, 0.15) is 40.0 Å². The minimum atomic E-state index is -0.425. The van der Waals surface area contributed by atoms with Crippen LogP contribution in [-0.4, -0.2) is 68.7 Å². The molecular weight excluding hydrogens is 364 g/mol. The molecule has 1 aromatic carbocycles. The summed E-state index contributed by atoms with van der Waals surface area (Å²) in [4.78, 5) is 4.73. The van der Waals surface area contributed by atoms with Crippen LogP contribution >= 0.6 is 0 Å². The summed E-state index contributed by atoms with van der Waals surface area (Å²) in [6.45, 7) is 12.0. The van der Waals surface area contributed by atoms with Gasteiger partial charge in [-0.15, -0.1) is 0 Å². The van der Waals surface area contributed by atoms with Crippen LogP contribution in [0.25, 0.3) is 0 Å². The predicted octanol–water partition coefficient (Wildman–Crippen LogP) is 3.41. The minimum Gasteiger partial charge on any atom is -0.495 e. The summed E-state index contributed by atoms with van der Waals surface area (Å²) in [6.07, 6.45) is 3.73. The highest BCUT2D eigenvalue weighted by molar-refractivity contribution is 5.58. The van der Waals surface area contributed by atoms with E-state index < -0.39 is 6.10 Å². The van der Waals surface area contributed by atoms with Gasteiger partial charge in [0.05, 0.1) is 31.6 Å². The molecule has 2 aliphatic carbocycles. The third kappa shape index (κ3) is 4.01. The van der Waals surface area contributed by atoms with Gasteiger partial charge in [0.1, 0.15) is 5.75 Å². The van der Waals surface area contributed by atoms with Gasteiger partial charge in [0.25, 0.3) is 0 Å². The quantitative estimate of drug-likeness (QED) is 0.757. The number of hydrogen-bond donors (Lipinski definition) is 1. The van der Waals surface area contributed by atoms with Crippen LogP contribution in [0.2, 0.25) is 0 Å². The van der Waals surface area contributed by atoms with Gasteiger partial charge < -0.3 is 19.5 Å². The van der Waals surface area contributed by atoms with Gasteiger partial charge in [-0.2, -0.15) is 0 Å². The average Bonchev–Trinajstić information content (AvgIpc) is 3.19. The smallest absolute Gasteiger partial charge is 0.142 e. The molecule has 5 nitrogen and oxygen atoms in total. The third-order valence-electron chi connectivity index (χ3n) is 7.86. The highest BCUT2D eigenvalue weighted by atomic mass is 16.5. The molecule has 3 aliphatic rings. The number of rotatable bonds is 7. The molecule has 0 radical (unpaired) electrons. The summed E-state index contributed by atoms with van der Waals surface area (Å²) in [5.74, 6) is 1.70. The Morgan fingerprint density at radius 2 is 1.86 bits per heavy atom. The van der Waals surface area contributed by atoms with E-state index in [0.29, 0.717) is 18.6 Å². The van der Waals surface area contributed by atoms with Crippen molar-refractivity contribution >= 4 is 5.69 Å². The number of fused-ring (bicyclic) bond motifs is 2. The van der Waals surface area contributed by atoms with Gasteiger partial charge in [-0.1, -0.05) is 32.9 Å². The first kappa shape index (κ1) is 21.0. The number of β-amino-alcohol motifs (C(OH)–C–C–N with tert-alkyl or cyclic N) is 1. The standard InChI is InChI=1S/C24H38N2O3/c1-23(2)18-9-10-24(3,15-18)22(23)29-17-19(27)16-25-11-13-26(14-12-25)20-7-5-6-8-21(20)28-4/h5-8,18-19,22,27H,9-17H2,1-4H3. The van der Waals surface area contributed by atoms with Gasteiger partial charge in [0, 0.05) is 32.7 Å². The lowest BCUT2D eigenvalue weighted by Gasteiger charge is -2.43. The molecule has 0 amide bonds. The Labute approximate surface area is 176 Å². The van der Waals surface area contributed by atoms with Crippen molar-refractivity contribution in [2.75, 3.05) is 51.3 Å². The fourth-order valence-corrected chi connectivity index (χ4v) is 6.29. The molecule has 4 unspecified atom stereocenters. The van der Waals surface area contributed by atoms with E-state index in [9.17, 15) is 5.11 Å². The van der Waals surface area contributed by atoms with Gasteiger partial charge >= 0.3 is 0 Å². The SMILES string of the molecule is COc1ccccc1N1CCN(CC(O)COC2C3(C)CCC(C3)C2(C)C)CC1. The highest BCUT2D eigenvalue weighted by Crippen LogP contribution is 2.63. The second kappa shape index (κ2) is 8.09. The van der Waals surface area contributed by atoms with E-state index in [1.165, 1.54) is 19.3 Å². The lowest BCUT2D eigenvalue weighted by atomic mass is 9.70. The van der Waals surface area contributed by atoms with Crippen molar-refractivity contribution in [2.24, 2.45) is 16.7 Å². The van der Waals surface area contributed by atoms with E-state index >= 15 is 0 Å². The van der Waals surface area contributed by atoms with Crippen molar-refractivity contribution in [3.05, 3.63) is 24.3 Å². The fraction of sp³-hybridized carbons (Fsp3) is 0.750. The number of benzene rings is 1. The number of hydrogen-bond acceptors (Lipinski definition) is 5. The number of piperazine rings is 1. The van der Waals surface area contributed by atoms with E-state index in [-0.39, 0.29) is 11.5 Å². The van der Waals surface area contributed by atoms with E-state index in [2.05, 4.69) is 42.7 Å². The molecule has 0 spiro atoms. The largest absolute Gasteiger partial charge is 0.495 e. The Bertz CT molecular complexity index is 696. The Hall–Kier alpha value is -1.30. The summed E-state index contributed by atoms with van der Waals surface area (Å²) in [7, 11) is 1.73. The van der Waals surface area contributed by atoms with Crippen LogP contribution < -0.4 is 9.64 Å². The van der Waals surface area contributed by atoms with Gasteiger partial charge in [-0.05, 0) is 48.1 Å². The number of nitrogens with zero attached hydrogens (tertiary/aromatic N) is 2. The maximum Gasteiger partial charge on any atom is 0.142 e. The van der Waals surface area contributed by atoms with Crippen molar-refractivity contribution in [1.82, 2.24) is 4.90 Å². The summed E-state index contributed by atoms with van der Waals surface area (Å²) >= 11 is 0. The molecule has 1 aromatic rings. The van der Waals surface area contributed by atoms with Crippen LogP contribution in [0.15, 0.2) is 24.3 Å². The lowest BCUT2D eigenvalue weighted by Crippen LogP contribution is -2.50. The minimum absolute atomic E-state index is 0.229. The third-order valence-corrected chi connectivity index (χ3v) is 7.86. The molecule has 162 valence electrons. The van der Waals surface area contributed by atoms with Crippen LogP contribution in [0, 0.1) is 16.7 Å². The number of aliphatic hydroxyl groups excluding tert-OH is 1. The highest BCUT2D eigenvalue weighted by Gasteiger charge is 2.60. The zero-order chi connectivity index (χ0) is 20.6. The molecule has 2 saturated carbocycles. The van der Waals surface area contributed by atoms with Crippen molar-refractivity contribution < 1.29 is 14.6 Å². The lowest BCUT2D eigenvalue weighted by molar-refractivity contribution is -0.113. The van der Waals surface area contributed by atoms with E-state index in [4.69, 9.17) is 9.47 Å². The van der Waals surface area contributed by atoms with Gasteiger partial charge in [-0.25, -0.2) is 0 Å². The van der Waals surface area contributed by atoms with Gasteiger partial charge in [0.15, 0.2) is 0 Å². The molecule has 4 rings (SSSR count). The molecule has 0 aromatic heterocycles. The van der Waals surface area contributed by atoms with E-state index in [1.807, 2.05) is 12.1 Å². The molecule has 5 heteroatoms. The first-order chi connectivity index (χ1) is 13.8. The Morgan fingerprint density at radius 3 is 2.52 bits per heavy atom. The molecular formula is C24H38N2O3. The fourth-order valence-electron chi connectivity index (χ4n) is 6.29. The van der Waals surface area contributed by atoms with E-state index in [0.717, 1.165) is 43.5 Å². The number of aliphatic hydroxyl groups is 1. The normalized spacial score (nSPS) is 32.5. The zero-order valence-corrected chi connectivity index (χ0v) is 18.6. The second-order valence-electron chi connectivity index (χ2n) is 10.2. The summed E-state index contributed by atoms with van der Waals surface area (Å²) < 4.78 is 11.9. The molecule has 1 aliphatic heterocycles. The number of para-hydroxylation sites is 2. The van der Waals surface area contributed by atoms with Gasteiger partial charge in [0.2, 0.25) is 0 Å². The summed E-state index contributed by atoms with van der Waals surface area (Å²) in [5.41, 5.74) is 1.69. The first-order valence-corrected chi connectivity index (χ1v) is 11.2. The Morgan fingerprint density at radius 1 is 1.14 bits per heavy atom. The monoisotopic (exact) mass is 402 g/mol. The maximum atomic E-state index is 10.7. The van der Waals surface area contributed by atoms with Crippen molar-refractivity contribution in [3.8, 4) is 5.75 Å². The maximum absolute atomic E-state index is 10.7. The molecule has 3 fully saturated rings. The molecule has 1 heterocycles. The Kier molecular flexibility index (Phi) is 5.84. The predicted molar refractivity (Wildman–Crippen MR) is 117 cm³/mol. The number of ether oxygens (including phenoxy) is 2. The van der Waals surface area contributed by atoms with Crippen LogP contribution in [0.5, 0.6) is 5.75 Å². The van der Waals surface area contributed by atoms with Crippen LogP contribution in [0.4, 0.5) is 5.69 Å². The average molecular weight is 403 g/mol. The zero-order valence-electron chi connectivity index (χ0n) is 18.6. The molecule has 4 atom stereocenters. The van der Waals surface area contributed by atoms with Crippen LogP contribution in [0.3, 0.4) is 0 Å². The number of methoxy groups -OCH3 is 1. The van der Waals surface area contributed by atoms with Crippen molar-refractivity contribution in [3.63, 3.8) is 0 Å². The first-order valence-electron chi connectivity index (χ1n) is 11.2. The van der Waals surface area contributed by atoms with Crippen molar-refractivity contribution in [1.29, 1.82) is 0 Å². The van der Waals surface area contributed by atoms with Crippen molar-refractivity contribution in [2.45, 2.75) is 52.2 Å². The topological polar surface area (TPSA) is 45.2 Å². The molecule has 2 bridgehead atoms. The molecule has 29 heavy (non-hydrogen) atoms. The second-order valence-corrected chi connectivity index (χ2v) is 10.2. The summed E-state index contributed by atoms with van der Waals surface area (Å²) in [6, 6.07) is 8.20. The van der Waals surface area contributed by atoms with Gasteiger partial charge in [-0.3, -0.25) is 4.90 Å². The van der Waals surface area contributed by atoms with E-state index in [1.54, 1.807) is 7.11 Å².